The molecule has 1 saturated heterocycles. The van der Waals surface area contributed by atoms with Crippen molar-refractivity contribution in [2.24, 2.45) is 5.41 Å². The van der Waals surface area contributed by atoms with Crippen molar-refractivity contribution < 1.29 is 9.59 Å². The summed E-state index contributed by atoms with van der Waals surface area (Å²) in [5, 5.41) is 3.49. The van der Waals surface area contributed by atoms with Crippen LogP contribution in [0.15, 0.2) is 24.3 Å². The number of nitrogens with zero attached hydrogens (tertiary/aromatic N) is 2. The van der Waals surface area contributed by atoms with E-state index in [-0.39, 0.29) is 17.4 Å². The number of nitrogens with one attached hydrogen (secondary N) is 1. The number of hydrogen-bond acceptors (Lipinski definition) is 2. The Morgan fingerprint density at radius 2 is 1.74 bits per heavy atom. The zero-order valence-electron chi connectivity index (χ0n) is 13.9. The van der Waals surface area contributed by atoms with Gasteiger partial charge in [0, 0.05) is 43.3 Å². The van der Waals surface area contributed by atoms with E-state index in [0.717, 1.165) is 0 Å². The summed E-state index contributed by atoms with van der Waals surface area (Å²) in [6.45, 7) is 9.03. The minimum Gasteiger partial charge on any atom is -0.337 e. The van der Waals surface area contributed by atoms with E-state index in [9.17, 15) is 9.59 Å². The second-order valence-electron chi connectivity index (χ2n) is 7.01. The molecule has 5 nitrogen and oxygen atoms in total. The Morgan fingerprint density at radius 1 is 1.13 bits per heavy atom. The van der Waals surface area contributed by atoms with Gasteiger partial charge >= 0.3 is 6.03 Å². The predicted molar refractivity (Wildman–Crippen MR) is 91.8 cm³/mol. The molecular formula is C17H24ClN3O2. The largest absolute Gasteiger partial charge is 0.337 e. The quantitative estimate of drug-likeness (QED) is 0.902. The van der Waals surface area contributed by atoms with Crippen molar-refractivity contribution in [2.45, 2.75) is 20.8 Å². The molecule has 23 heavy (non-hydrogen) atoms. The van der Waals surface area contributed by atoms with Crippen LogP contribution in [0.25, 0.3) is 0 Å². The smallest absolute Gasteiger partial charge is 0.317 e. The van der Waals surface area contributed by atoms with Gasteiger partial charge in [0.1, 0.15) is 0 Å². The van der Waals surface area contributed by atoms with Crippen LogP contribution >= 0.6 is 11.6 Å². The van der Waals surface area contributed by atoms with Gasteiger partial charge in [0.05, 0.1) is 0 Å². The predicted octanol–water partition coefficient (Wildman–Crippen LogP) is 2.85. The second-order valence-corrected chi connectivity index (χ2v) is 7.45. The zero-order valence-corrected chi connectivity index (χ0v) is 14.7. The fourth-order valence-electron chi connectivity index (χ4n) is 2.37. The molecule has 2 rings (SSSR count). The molecule has 1 heterocycles. The number of carbonyl (C=O) groups is 2. The first kappa shape index (κ1) is 17.6. The number of amides is 3. The lowest BCUT2D eigenvalue weighted by molar-refractivity contribution is 0.0664. The minimum absolute atomic E-state index is 0.0396. The van der Waals surface area contributed by atoms with Crippen LogP contribution < -0.4 is 5.32 Å². The van der Waals surface area contributed by atoms with Crippen LogP contribution in [0.4, 0.5) is 4.79 Å². The van der Waals surface area contributed by atoms with Gasteiger partial charge in [-0.1, -0.05) is 38.4 Å². The molecule has 0 unspecified atom stereocenters. The molecule has 1 aromatic rings. The number of urea groups is 1. The maximum atomic E-state index is 12.4. The summed E-state index contributed by atoms with van der Waals surface area (Å²) in [5.74, 6) is -0.0396. The van der Waals surface area contributed by atoms with Crippen molar-refractivity contribution in [3.63, 3.8) is 0 Å². The summed E-state index contributed by atoms with van der Waals surface area (Å²) in [6.07, 6.45) is 0. The summed E-state index contributed by atoms with van der Waals surface area (Å²) in [4.78, 5) is 28.1. The highest BCUT2D eigenvalue weighted by Crippen LogP contribution is 2.15. The van der Waals surface area contributed by atoms with Crippen LogP contribution in [-0.2, 0) is 0 Å². The number of carbonyl (C=O) groups excluding carboxylic acids is 2. The third-order valence-corrected chi connectivity index (χ3v) is 3.93. The SMILES string of the molecule is CC(C)(C)CNC(=O)N1CCN(C(=O)c2cccc(Cl)c2)CC1. The summed E-state index contributed by atoms with van der Waals surface area (Å²) >= 11 is 5.93. The van der Waals surface area contributed by atoms with Crippen LogP contribution in [0, 0.1) is 5.41 Å². The lowest BCUT2D eigenvalue weighted by atomic mass is 9.97. The van der Waals surface area contributed by atoms with Gasteiger partial charge < -0.3 is 15.1 Å². The minimum atomic E-state index is -0.0604. The van der Waals surface area contributed by atoms with Crippen LogP contribution in [0.2, 0.25) is 5.02 Å². The monoisotopic (exact) mass is 337 g/mol. The van der Waals surface area contributed by atoms with Crippen molar-refractivity contribution >= 4 is 23.5 Å². The first-order chi connectivity index (χ1) is 10.8. The molecule has 1 fully saturated rings. The number of rotatable bonds is 2. The van der Waals surface area contributed by atoms with Gasteiger partial charge in [0.15, 0.2) is 0 Å². The standard InChI is InChI=1S/C17H24ClN3O2/c1-17(2,3)12-19-16(23)21-9-7-20(8-10-21)15(22)13-5-4-6-14(18)11-13/h4-6,11H,7-10,12H2,1-3H3,(H,19,23). The maximum absolute atomic E-state index is 12.4. The van der Waals surface area contributed by atoms with E-state index in [1.807, 2.05) is 0 Å². The molecule has 0 spiro atoms. The van der Waals surface area contributed by atoms with Gasteiger partial charge in [0.2, 0.25) is 0 Å². The Kier molecular flexibility index (Phi) is 5.52. The van der Waals surface area contributed by atoms with Gasteiger partial charge in [-0.2, -0.15) is 0 Å². The molecule has 126 valence electrons. The number of benzene rings is 1. The van der Waals surface area contributed by atoms with Crippen molar-refractivity contribution in [3.05, 3.63) is 34.9 Å². The van der Waals surface area contributed by atoms with Crippen LogP contribution in [-0.4, -0.2) is 54.5 Å². The fraction of sp³-hybridized carbons (Fsp3) is 0.529. The second kappa shape index (κ2) is 7.21. The van der Waals surface area contributed by atoms with Gasteiger partial charge in [0.25, 0.3) is 5.91 Å². The Labute approximate surface area is 142 Å². The van der Waals surface area contributed by atoms with E-state index in [1.54, 1.807) is 34.1 Å². The highest BCUT2D eigenvalue weighted by Gasteiger charge is 2.25. The Balaban J connectivity index is 1.86. The Morgan fingerprint density at radius 3 is 2.30 bits per heavy atom. The molecule has 3 amide bonds. The molecule has 0 aliphatic carbocycles. The molecule has 1 aliphatic rings. The number of piperazine rings is 1. The van der Waals surface area contributed by atoms with Gasteiger partial charge in [-0.3, -0.25) is 4.79 Å². The highest BCUT2D eigenvalue weighted by molar-refractivity contribution is 6.30. The Hall–Kier alpha value is -1.75. The summed E-state index contributed by atoms with van der Waals surface area (Å²) in [7, 11) is 0. The molecule has 0 aromatic heterocycles. The van der Waals surface area contributed by atoms with E-state index < -0.39 is 0 Å². The average Bonchev–Trinajstić information content (AvgIpc) is 2.51. The molecule has 1 aromatic carbocycles. The lowest BCUT2D eigenvalue weighted by Crippen LogP contribution is -2.53. The van der Waals surface area contributed by atoms with Gasteiger partial charge in [-0.15, -0.1) is 0 Å². The third kappa shape index (κ3) is 5.13. The summed E-state index contributed by atoms with van der Waals surface area (Å²) < 4.78 is 0. The third-order valence-electron chi connectivity index (χ3n) is 3.70. The fourth-order valence-corrected chi connectivity index (χ4v) is 2.56. The van der Waals surface area contributed by atoms with E-state index in [4.69, 9.17) is 11.6 Å². The first-order valence-electron chi connectivity index (χ1n) is 7.84. The average molecular weight is 338 g/mol. The lowest BCUT2D eigenvalue weighted by Gasteiger charge is -2.35. The molecule has 6 heteroatoms. The number of hydrogen-bond donors (Lipinski definition) is 1. The van der Waals surface area contributed by atoms with Crippen molar-refractivity contribution in [1.29, 1.82) is 0 Å². The topological polar surface area (TPSA) is 52.7 Å². The van der Waals surface area contributed by atoms with E-state index in [1.165, 1.54) is 0 Å². The molecule has 1 N–H and O–H groups in total. The maximum Gasteiger partial charge on any atom is 0.317 e. The van der Waals surface area contributed by atoms with E-state index >= 15 is 0 Å². The molecule has 0 saturated carbocycles. The van der Waals surface area contributed by atoms with Crippen LogP contribution in [0.3, 0.4) is 0 Å². The van der Waals surface area contributed by atoms with Crippen molar-refractivity contribution in [3.8, 4) is 0 Å². The molecule has 0 atom stereocenters. The molecule has 0 radical (unpaired) electrons. The zero-order chi connectivity index (χ0) is 17.0. The first-order valence-corrected chi connectivity index (χ1v) is 8.22. The Bertz CT molecular complexity index is 575. The number of halogens is 1. The molecular weight excluding hydrogens is 314 g/mol. The van der Waals surface area contributed by atoms with Gasteiger partial charge in [-0.05, 0) is 23.6 Å². The summed E-state index contributed by atoms with van der Waals surface area (Å²) in [5.41, 5.74) is 0.642. The van der Waals surface area contributed by atoms with Gasteiger partial charge in [-0.25, -0.2) is 4.79 Å². The van der Waals surface area contributed by atoms with Crippen LogP contribution in [0.1, 0.15) is 31.1 Å². The summed E-state index contributed by atoms with van der Waals surface area (Å²) in [6, 6.07) is 6.89. The van der Waals surface area contributed by atoms with Crippen molar-refractivity contribution in [2.75, 3.05) is 32.7 Å². The van der Waals surface area contributed by atoms with Crippen molar-refractivity contribution in [1.82, 2.24) is 15.1 Å². The normalized spacial score (nSPS) is 15.5. The highest BCUT2D eigenvalue weighted by atomic mass is 35.5. The molecule has 1 aliphatic heterocycles. The van der Waals surface area contributed by atoms with E-state index in [2.05, 4.69) is 26.1 Å². The van der Waals surface area contributed by atoms with Crippen LogP contribution in [0.5, 0.6) is 0 Å². The molecule has 0 bridgehead atoms. The van der Waals surface area contributed by atoms with E-state index in [0.29, 0.717) is 43.3 Å².